The molecule has 3 rings (SSSR count). The van der Waals surface area contributed by atoms with Gasteiger partial charge in [-0.05, 0) is 38.8 Å². The van der Waals surface area contributed by atoms with Gasteiger partial charge in [0.25, 0.3) is 0 Å². The molecule has 4 heteroatoms. The molecule has 1 aliphatic rings. The molecule has 1 atom stereocenters. The smallest absolute Gasteiger partial charge is 0.231 e. The molecule has 1 fully saturated rings. The summed E-state index contributed by atoms with van der Waals surface area (Å²) in [5, 5.41) is 7.61. The number of aromatic nitrogens is 2. The number of hydrogen-bond donors (Lipinski definition) is 1. The molecule has 1 aliphatic heterocycles. The van der Waals surface area contributed by atoms with Crippen LogP contribution in [0.25, 0.3) is 0 Å². The lowest BCUT2D eigenvalue weighted by Gasteiger charge is -2.21. The Balaban J connectivity index is 1.85. The molecule has 0 radical (unpaired) electrons. The van der Waals surface area contributed by atoms with Crippen LogP contribution in [-0.2, 0) is 5.41 Å². The maximum atomic E-state index is 5.51. The van der Waals surface area contributed by atoms with Crippen LogP contribution < -0.4 is 5.32 Å². The number of benzene rings is 1. The van der Waals surface area contributed by atoms with E-state index in [1.807, 2.05) is 18.2 Å². The molecule has 1 N–H and O–H groups in total. The Morgan fingerprint density at radius 1 is 1.25 bits per heavy atom. The van der Waals surface area contributed by atoms with Gasteiger partial charge in [-0.25, -0.2) is 0 Å². The summed E-state index contributed by atoms with van der Waals surface area (Å²) in [6.45, 7) is 6.30. The van der Waals surface area contributed by atoms with Gasteiger partial charge in [-0.3, -0.25) is 0 Å². The van der Waals surface area contributed by atoms with E-state index >= 15 is 0 Å². The minimum absolute atomic E-state index is 0.231. The first-order chi connectivity index (χ1) is 9.68. The van der Waals surface area contributed by atoms with E-state index in [-0.39, 0.29) is 5.41 Å². The summed E-state index contributed by atoms with van der Waals surface area (Å²) in [6, 6.07) is 10.3. The zero-order chi connectivity index (χ0) is 14.0. The molecule has 1 saturated heterocycles. The van der Waals surface area contributed by atoms with Crippen LogP contribution in [-0.4, -0.2) is 23.2 Å². The molecular weight excluding hydrogens is 250 g/mol. The van der Waals surface area contributed by atoms with Crippen molar-refractivity contribution < 1.29 is 4.52 Å². The van der Waals surface area contributed by atoms with E-state index in [0.717, 1.165) is 31.2 Å². The van der Waals surface area contributed by atoms with Gasteiger partial charge in [0.1, 0.15) is 0 Å². The molecule has 0 aliphatic carbocycles. The molecule has 1 aromatic heterocycles. The van der Waals surface area contributed by atoms with E-state index in [4.69, 9.17) is 4.52 Å². The van der Waals surface area contributed by atoms with Gasteiger partial charge in [-0.1, -0.05) is 35.5 Å². The van der Waals surface area contributed by atoms with Crippen LogP contribution in [0.5, 0.6) is 0 Å². The van der Waals surface area contributed by atoms with Gasteiger partial charge in [-0.15, -0.1) is 0 Å². The zero-order valence-corrected chi connectivity index (χ0v) is 12.1. The molecule has 106 valence electrons. The molecule has 2 heterocycles. The molecule has 0 bridgehead atoms. The SMILES string of the molecule is CC(C)(c1ccccc1)c1noc(C2CCCNC2)n1. The van der Waals surface area contributed by atoms with Gasteiger partial charge in [-0.2, -0.15) is 4.98 Å². The summed E-state index contributed by atoms with van der Waals surface area (Å²) >= 11 is 0. The number of nitrogens with one attached hydrogen (secondary N) is 1. The lowest BCUT2D eigenvalue weighted by atomic mass is 9.84. The normalized spacial score (nSPS) is 20.0. The summed E-state index contributed by atoms with van der Waals surface area (Å²) in [5.74, 6) is 1.90. The van der Waals surface area contributed by atoms with Gasteiger partial charge in [0.15, 0.2) is 5.82 Å². The van der Waals surface area contributed by atoms with Crippen LogP contribution in [0.15, 0.2) is 34.9 Å². The lowest BCUT2D eigenvalue weighted by molar-refractivity contribution is 0.317. The summed E-state index contributed by atoms with van der Waals surface area (Å²) < 4.78 is 5.51. The van der Waals surface area contributed by atoms with Crippen molar-refractivity contribution in [3.05, 3.63) is 47.6 Å². The number of piperidine rings is 1. The molecule has 1 unspecified atom stereocenters. The van der Waals surface area contributed by atoms with Gasteiger partial charge < -0.3 is 9.84 Å². The molecular formula is C16H21N3O. The van der Waals surface area contributed by atoms with Crippen LogP contribution in [0.3, 0.4) is 0 Å². The first-order valence-corrected chi connectivity index (χ1v) is 7.28. The van der Waals surface area contributed by atoms with Crippen LogP contribution in [0.2, 0.25) is 0 Å². The van der Waals surface area contributed by atoms with E-state index in [1.54, 1.807) is 0 Å². The Morgan fingerprint density at radius 3 is 2.75 bits per heavy atom. The Bertz CT molecular complexity index is 556. The lowest BCUT2D eigenvalue weighted by Crippen LogP contribution is -2.28. The highest BCUT2D eigenvalue weighted by atomic mass is 16.5. The monoisotopic (exact) mass is 271 g/mol. The van der Waals surface area contributed by atoms with Crippen LogP contribution in [0, 0.1) is 0 Å². The van der Waals surface area contributed by atoms with Crippen molar-refractivity contribution in [2.24, 2.45) is 0 Å². The first kappa shape index (κ1) is 13.3. The van der Waals surface area contributed by atoms with Crippen molar-refractivity contribution >= 4 is 0 Å². The van der Waals surface area contributed by atoms with Crippen LogP contribution >= 0.6 is 0 Å². The molecule has 0 spiro atoms. The molecule has 1 aromatic carbocycles. The number of nitrogens with zero attached hydrogens (tertiary/aromatic N) is 2. The molecule has 4 nitrogen and oxygen atoms in total. The largest absolute Gasteiger partial charge is 0.339 e. The average Bonchev–Trinajstić information content (AvgIpc) is 3.00. The highest BCUT2D eigenvalue weighted by Crippen LogP contribution is 2.31. The maximum Gasteiger partial charge on any atom is 0.231 e. The third-order valence-corrected chi connectivity index (χ3v) is 4.14. The van der Waals surface area contributed by atoms with E-state index in [9.17, 15) is 0 Å². The second-order valence-electron chi connectivity index (χ2n) is 5.99. The van der Waals surface area contributed by atoms with Gasteiger partial charge in [0.2, 0.25) is 5.89 Å². The zero-order valence-electron chi connectivity index (χ0n) is 12.1. The minimum atomic E-state index is -0.231. The fraction of sp³-hybridized carbons (Fsp3) is 0.500. The Morgan fingerprint density at radius 2 is 2.05 bits per heavy atom. The van der Waals surface area contributed by atoms with Crippen molar-refractivity contribution in [3.8, 4) is 0 Å². The van der Waals surface area contributed by atoms with Crippen molar-refractivity contribution in [1.29, 1.82) is 0 Å². The van der Waals surface area contributed by atoms with Crippen molar-refractivity contribution in [1.82, 2.24) is 15.5 Å². The second-order valence-corrected chi connectivity index (χ2v) is 5.99. The van der Waals surface area contributed by atoms with Crippen LogP contribution in [0.1, 0.15) is 49.9 Å². The average molecular weight is 271 g/mol. The van der Waals surface area contributed by atoms with E-state index < -0.39 is 0 Å². The topological polar surface area (TPSA) is 51.0 Å². The predicted molar refractivity (Wildman–Crippen MR) is 77.7 cm³/mol. The minimum Gasteiger partial charge on any atom is -0.339 e. The van der Waals surface area contributed by atoms with E-state index in [0.29, 0.717) is 5.92 Å². The highest BCUT2D eigenvalue weighted by Gasteiger charge is 2.30. The summed E-state index contributed by atoms with van der Waals surface area (Å²) in [6.07, 6.45) is 2.30. The molecule has 20 heavy (non-hydrogen) atoms. The van der Waals surface area contributed by atoms with Crippen LogP contribution in [0.4, 0.5) is 0 Å². The Labute approximate surface area is 119 Å². The standard InChI is InChI=1S/C16H21N3O/c1-16(2,13-8-4-3-5-9-13)15-18-14(20-19-15)12-7-6-10-17-11-12/h3-5,8-9,12,17H,6-7,10-11H2,1-2H3. The number of rotatable bonds is 3. The summed E-state index contributed by atoms with van der Waals surface area (Å²) in [7, 11) is 0. The summed E-state index contributed by atoms with van der Waals surface area (Å²) in [4.78, 5) is 4.66. The highest BCUT2D eigenvalue weighted by molar-refractivity contribution is 5.30. The fourth-order valence-electron chi connectivity index (χ4n) is 2.70. The van der Waals surface area contributed by atoms with Gasteiger partial charge in [0.05, 0.1) is 11.3 Å². The van der Waals surface area contributed by atoms with Crippen molar-refractivity contribution in [2.75, 3.05) is 13.1 Å². The quantitative estimate of drug-likeness (QED) is 0.932. The summed E-state index contributed by atoms with van der Waals surface area (Å²) in [5.41, 5.74) is 0.972. The first-order valence-electron chi connectivity index (χ1n) is 7.28. The molecule has 2 aromatic rings. The molecule has 0 amide bonds. The van der Waals surface area contributed by atoms with Crippen molar-refractivity contribution in [2.45, 2.75) is 38.0 Å². The van der Waals surface area contributed by atoms with E-state index in [1.165, 1.54) is 12.0 Å². The third-order valence-electron chi connectivity index (χ3n) is 4.14. The van der Waals surface area contributed by atoms with Crippen molar-refractivity contribution in [3.63, 3.8) is 0 Å². The number of hydrogen-bond acceptors (Lipinski definition) is 4. The Hall–Kier alpha value is -1.68. The van der Waals surface area contributed by atoms with Gasteiger partial charge in [0, 0.05) is 6.54 Å². The fourth-order valence-corrected chi connectivity index (χ4v) is 2.70. The van der Waals surface area contributed by atoms with E-state index in [2.05, 4.69) is 41.4 Å². The third kappa shape index (κ3) is 2.48. The maximum absolute atomic E-state index is 5.51. The van der Waals surface area contributed by atoms with Gasteiger partial charge >= 0.3 is 0 Å². The predicted octanol–water partition coefficient (Wildman–Crippen LogP) is 2.86. The second kappa shape index (κ2) is 5.37. The molecule has 0 saturated carbocycles. The Kier molecular flexibility index (Phi) is 3.57.